The van der Waals surface area contributed by atoms with E-state index in [1.807, 2.05) is 17.9 Å². The maximum atomic E-state index is 6.21. The zero-order valence-corrected chi connectivity index (χ0v) is 12.2. The van der Waals surface area contributed by atoms with Crippen molar-refractivity contribution in [2.24, 2.45) is 12.8 Å². The van der Waals surface area contributed by atoms with Gasteiger partial charge in [-0.3, -0.25) is 9.58 Å². The molecule has 0 aliphatic carbocycles. The molecule has 108 valence electrons. The highest BCUT2D eigenvalue weighted by Crippen LogP contribution is 2.27. The van der Waals surface area contributed by atoms with Crippen LogP contribution >= 0.6 is 0 Å². The van der Waals surface area contributed by atoms with E-state index in [1.54, 1.807) is 0 Å². The number of hydrogen-bond acceptors (Lipinski definition) is 4. The van der Waals surface area contributed by atoms with Gasteiger partial charge < -0.3 is 10.5 Å². The zero-order valence-electron chi connectivity index (χ0n) is 12.2. The van der Waals surface area contributed by atoms with Crippen LogP contribution in [0.4, 0.5) is 0 Å². The van der Waals surface area contributed by atoms with E-state index < -0.39 is 0 Å². The summed E-state index contributed by atoms with van der Waals surface area (Å²) in [5.41, 5.74) is 7.41. The molecule has 5 nitrogen and oxygen atoms in total. The van der Waals surface area contributed by atoms with Gasteiger partial charge in [-0.2, -0.15) is 5.10 Å². The SMILES string of the molecule is CCOC1CCCN(C(c2cnn(C)c2)C(C)N)C1. The largest absolute Gasteiger partial charge is 0.377 e. The standard InChI is InChI=1S/C14H26N4O/c1-4-19-13-6-5-7-18(10-13)14(11(2)15)12-8-16-17(3)9-12/h8-9,11,13-14H,4-7,10,15H2,1-3H3. The lowest BCUT2D eigenvalue weighted by molar-refractivity contribution is -0.0106. The second-order valence-corrected chi connectivity index (χ2v) is 5.47. The van der Waals surface area contributed by atoms with Crippen molar-refractivity contribution >= 4 is 0 Å². The summed E-state index contributed by atoms with van der Waals surface area (Å²) >= 11 is 0. The molecule has 0 spiro atoms. The van der Waals surface area contributed by atoms with Crippen LogP contribution in [0.3, 0.4) is 0 Å². The number of nitrogens with zero attached hydrogens (tertiary/aromatic N) is 3. The Kier molecular flexibility index (Phi) is 4.96. The van der Waals surface area contributed by atoms with E-state index in [0.29, 0.717) is 6.10 Å². The number of piperidine rings is 1. The first-order valence-corrected chi connectivity index (χ1v) is 7.21. The Balaban J connectivity index is 2.10. The second-order valence-electron chi connectivity index (χ2n) is 5.47. The van der Waals surface area contributed by atoms with Crippen LogP contribution in [-0.4, -0.2) is 46.5 Å². The highest BCUT2D eigenvalue weighted by molar-refractivity contribution is 5.13. The van der Waals surface area contributed by atoms with E-state index in [4.69, 9.17) is 10.5 Å². The minimum atomic E-state index is 0.0876. The van der Waals surface area contributed by atoms with E-state index >= 15 is 0 Å². The topological polar surface area (TPSA) is 56.3 Å². The summed E-state index contributed by atoms with van der Waals surface area (Å²) < 4.78 is 7.62. The molecule has 1 fully saturated rings. The summed E-state index contributed by atoms with van der Waals surface area (Å²) in [5, 5.41) is 4.27. The summed E-state index contributed by atoms with van der Waals surface area (Å²) in [7, 11) is 1.95. The number of hydrogen-bond donors (Lipinski definition) is 1. The Hall–Kier alpha value is -0.910. The Morgan fingerprint density at radius 1 is 1.58 bits per heavy atom. The Bertz CT molecular complexity index is 389. The number of aryl methyl sites for hydroxylation is 1. The molecule has 3 unspecified atom stereocenters. The molecule has 5 heteroatoms. The number of ether oxygens (including phenoxy) is 1. The van der Waals surface area contributed by atoms with Crippen LogP contribution in [-0.2, 0) is 11.8 Å². The molecule has 1 aliphatic rings. The van der Waals surface area contributed by atoms with Gasteiger partial charge in [-0.1, -0.05) is 0 Å². The monoisotopic (exact) mass is 266 g/mol. The Morgan fingerprint density at radius 3 is 2.95 bits per heavy atom. The van der Waals surface area contributed by atoms with Gasteiger partial charge in [-0.25, -0.2) is 0 Å². The van der Waals surface area contributed by atoms with Crippen molar-refractivity contribution in [3.63, 3.8) is 0 Å². The van der Waals surface area contributed by atoms with E-state index in [-0.39, 0.29) is 12.1 Å². The number of aromatic nitrogens is 2. The molecule has 1 aromatic rings. The highest BCUT2D eigenvalue weighted by Gasteiger charge is 2.30. The zero-order chi connectivity index (χ0) is 13.8. The summed E-state index contributed by atoms with van der Waals surface area (Å²) in [6.45, 7) is 6.97. The minimum absolute atomic E-state index is 0.0876. The normalized spacial score (nSPS) is 24.3. The third-order valence-corrected chi connectivity index (χ3v) is 3.77. The third kappa shape index (κ3) is 3.55. The number of nitrogens with two attached hydrogens (primary N) is 1. The predicted octanol–water partition coefficient (Wildman–Crippen LogP) is 1.31. The first-order chi connectivity index (χ1) is 9.11. The van der Waals surface area contributed by atoms with Crippen molar-refractivity contribution < 1.29 is 4.74 Å². The van der Waals surface area contributed by atoms with Gasteiger partial charge in [-0.05, 0) is 33.2 Å². The first-order valence-electron chi connectivity index (χ1n) is 7.21. The van der Waals surface area contributed by atoms with Crippen LogP contribution in [0.25, 0.3) is 0 Å². The van der Waals surface area contributed by atoms with E-state index in [9.17, 15) is 0 Å². The van der Waals surface area contributed by atoms with Crippen LogP contribution in [0.5, 0.6) is 0 Å². The van der Waals surface area contributed by atoms with Gasteiger partial charge >= 0.3 is 0 Å². The van der Waals surface area contributed by atoms with Crippen LogP contribution < -0.4 is 5.73 Å². The van der Waals surface area contributed by atoms with Gasteiger partial charge in [0.15, 0.2) is 0 Å². The molecular formula is C14H26N4O. The average Bonchev–Trinajstić information content (AvgIpc) is 2.76. The molecule has 0 saturated carbocycles. The molecule has 1 saturated heterocycles. The van der Waals surface area contributed by atoms with E-state index in [0.717, 1.165) is 26.1 Å². The fourth-order valence-electron chi connectivity index (χ4n) is 3.03. The predicted molar refractivity (Wildman–Crippen MR) is 75.8 cm³/mol. The molecule has 1 aromatic heterocycles. The maximum Gasteiger partial charge on any atom is 0.0702 e. The van der Waals surface area contributed by atoms with E-state index in [1.165, 1.54) is 12.0 Å². The maximum absolute atomic E-state index is 6.21. The molecule has 2 N–H and O–H groups in total. The number of likely N-dealkylation sites (tertiary alicyclic amines) is 1. The molecular weight excluding hydrogens is 240 g/mol. The van der Waals surface area contributed by atoms with Gasteiger partial charge in [0, 0.05) is 38.0 Å². The first kappa shape index (κ1) is 14.5. The van der Waals surface area contributed by atoms with Crippen LogP contribution in [0.1, 0.15) is 38.3 Å². The minimum Gasteiger partial charge on any atom is -0.377 e. The smallest absolute Gasteiger partial charge is 0.0702 e. The fourth-order valence-corrected chi connectivity index (χ4v) is 3.03. The van der Waals surface area contributed by atoms with E-state index in [2.05, 4.69) is 30.0 Å². The lowest BCUT2D eigenvalue weighted by Crippen LogP contribution is -2.46. The molecule has 19 heavy (non-hydrogen) atoms. The van der Waals surface area contributed by atoms with Gasteiger partial charge in [0.1, 0.15) is 0 Å². The molecule has 2 heterocycles. The molecule has 0 radical (unpaired) electrons. The Labute approximate surface area is 115 Å². The lowest BCUT2D eigenvalue weighted by atomic mass is 9.98. The van der Waals surface area contributed by atoms with Crippen molar-refractivity contribution in [3.8, 4) is 0 Å². The van der Waals surface area contributed by atoms with Crippen molar-refractivity contribution in [1.29, 1.82) is 0 Å². The van der Waals surface area contributed by atoms with Crippen LogP contribution in [0.15, 0.2) is 12.4 Å². The van der Waals surface area contributed by atoms with Crippen molar-refractivity contribution in [1.82, 2.24) is 14.7 Å². The molecule has 0 aromatic carbocycles. The summed E-state index contributed by atoms with van der Waals surface area (Å²) in [6.07, 6.45) is 6.67. The molecule has 1 aliphatic heterocycles. The summed E-state index contributed by atoms with van der Waals surface area (Å²) in [6, 6.07) is 0.321. The molecule has 3 atom stereocenters. The molecule has 0 bridgehead atoms. The van der Waals surface area contributed by atoms with Crippen molar-refractivity contribution in [2.45, 2.75) is 44.9 Å². The van der Waals surface area contributed by atoms with Crippen molar-refractivity contribution in [2.75, 3.05) is 19.7 Å². The van der Waals surface area contributed by atoms with Crippen LogP contribution in [0.2, 0.25) is 0 Å². The van der Waals surface area contributed by atoms with Crippen molar-refractivity contribution in [3.05, 3.63) is 18.0 Å². The summed E-state index contributed by atoms with van der Waals surface area (Å²) in [4.78, 5) is 2.45. The van der Waals surface area contributed by atoms with Crippen LogP contribution in [0, 0.1) is 0 Å². The quantitative estimate of drug-likeness (QED) is 0.873. The average molecular weight is 266 g/mol. The van der Waals surface area contributed by atoms with Gasteiger partial charge in [-0.15, -0.1) is 0 Å². The number of rotatable bonds is 5. The lowest BCUT2D eigenvalue weighted by Gasteiger charge is -2.39. The third-order valence-electron chi connectivity index (χ3n) is 3.77. The van der Waals surface area contributed by atoms with Gasteiger partial charge in [0.2, 0.25) is 0 Å². The van der Waals surface area contributed by atoms with Gasteiger partial charge in [0.25, 0.3) is 0 Å². The highest BCUT2D eigenvalue weighted by atomic mass is 16.5. The fraction of sp³-hybridized carbons (Fsp3) is 0.786. The summed E-state index contributed by atoms with van der Waals surface area (Å²) in [5.74, 6) is 0. The van der Waals surface area contributed by atoms with Gasteiger partial charge in [0.05, 0.1) is 18.3 Å². The molecule has 2 rings (SSSR count). The second kappa shape index (κ2) is 6.50. The molecule has 0 amide bonds. The Morgan fingerprint density at radius 2 is 2.37 bits per heavy atom.